The molecule has 0 aliphatic carbocycles. The third-order valence-corrected chi connectivity index (χ3v) is 5.71. The molecule has 118 valence electrons. The third-order valence-electron chi connectivity index (χ3n) is 3.15. The van der Waals surface area contributed by atoms with Gasteiger partial charge in [0.1, 0.15) is 0 Å². The largest absolute Gasteiger partial charge is 0.353 e. The zero-order valence-electron chi connectivity index (χ0n) is 12.8. The number of carbonyl (C=O) groups excluding carboxylic acids is 1. The minimum Gasteiger partial charge on any atom is -0.353 e. The van der Waals surface area contributed by atoms with E-state index in [1.807, 2.05) is 20.1 Å². The Bertz CT molecular complexity index is 570. The number of sulfonamides is 1. The lowest BCUT2D eigenvalue weighted by atomic mass is 10.2. The minimum atomic E-state index is -3.64. The first-order chi connectivity index (χ1) is 9.81. The number of hydrogen-bond acceptors (Lipinski definition) is 4. The molecule has 0 aliphatic heterocycles. The lowest BCUT2D eigenvalue weighted by Crippen LogP contribution is -2.41. The SMILES string of the molecule is CC[C@@H](C)NC(=O)CN(C)S(=O)(=O)c1ccc(SC)cc1. The van der Waals surface area contributed by atoms with Gasteiger partial charge in [0, 0.05) is 18.0 Å². The van der Waals surface area contributed by atoms with Crippen molar-refractivity contribution in [3.05, 3.63) is 24.3 Å². The molecule has 21 heavy (non-hydrogen) atoms. The molecular weight excluding hydrogens is 308 g/mol. The number of rotatable bonds is 7. The van der Waals surface area contributed by atoms with E-state index in [1.54, 1.807) is 36.0 Å². The van der Waals surface area contributed by atoms with Crippen LogP contribution in [0.25, 0.3) is 0 Å². The van der Waals surface area contributed by atoms with Crippen LogP contribution in [0.4, 0.5) is 0 Å². The number of nitrogens with zero attached hydrogens (tertiary/aromatic N) is 1. The van der Waals surface area contributed by atoms with E-state index in [1.165, 1.54) is 7.05 Å². The standard InChI is InChI=1S/C14H22N2O3S2/c1-5-11(2)15-14(17)10-16(3)21(18,19)13-8-6-12(20-4)7-9-13/h6-9,11H,5,10H2,1-4H3,(H,15,17)/t11-/m1/s1. The Morgan fingerprint density at radius 1 is 1.33 bits per heavy atom. The van der Waals surface area contributed by atoms with Crippen molar-refractivity contribution in [2.45, 2.75) is 36.1 Å². The van der Waals surface area contributed by atoms with Crippen molar-refractivity contribution in [1.82, 2.24) is 9.62 Å². The van der Waals surface area contributed by atoms with Gasteiger partial charge in [0.25, 0.3) is 0 Å². The van der Waals surface area contributed by atoms with Crippen molar-refractivity contribution >= 4 is 27.7 Å². The number of benzene rings is 1. The number of carbonyl (C=O) groups is 1. The third kappa shape index (κ3) is 5.01. The first-order valence-electron chi connectivity index (χ1n) is 6.71. The first-order valence-corrected chi connectivity index (χ1v) is 9.37. The molecular formula is C14H22N2O3S2. The molecule has 1 N–H and O–H groups in total. The Labute approximate surface area is 131 Å². The van der Waals surface area contributed by atoms with E-state index in [4.69, 9.17) is 0 Å². The molecule has 7 heteroatoms. The van der Waals surface area contributed by atoms with Crippen molar-refractivity contribution < 1.29 is 13.2 Å². The van der Waals surface area contributed by atoms with Gasteiger partial charge in [0.05, 0.1) is 11.4 Å². The number of nitrogens with one attached hydrogen (secondary N) is 1. The Morgan fingerprint density at radius 3 is 2.38 bits per heavy atom. The van der Waals surface area contributed by atoms with Gasteiger partial charge in [-0.2, -0.15) is 4.31 Å². The lowest BCUT2D eigenvalue weighted by Gasteiger charge is -2.18. The van der Waals surface area contributed by atoms with Gasteiger partial charge in [0.2, 0.25) is 15.9 Å². The fourth-order valence-electron chi connectivity index (χ4n) is 1.64. The van der Waals surface area contributed by atoms with Crippen LogP contribution < -0.4 is 5.32 Å². The summed E-state index contributed by atoms with van der Waals surface area (Å²) in [6, 6.07) is 6.67. The summed E-state index contributed by atoms with van der Waals surface area (Å²) < 4.78 is 25.8. The van der Waals surface area contributed by atoms with E-state index in [9.17, 15) is 13.2 Å². The monoisotopic (exact) mass is 330 g/mol. The number of likely N-dealkylation sites (N-methyl/N-ethyl adjacent to an activating group) is 1. The lowest BCUT2D eigenvalue weighted by molar-refractivity contribution is -0.121. The second-order valence-electron chi connectivity index (χ2n) is 4.81. The molecule has 1 rings (SSSR count). The molecule has 1 atom stereocenters. The normalized spacial score (nSPS) is 13.2. The minimum absolute atomic E-state index is 0.0365. The van der Waals surface area contributed by atoms with Gasteiger partial charge in [0.15, 0.2) is 0 Å². The Kier molecular flexibility index (Phi) is 6.70. The van der Waals surface area contributed by atoms with Crippen LogP contribution in [0.1, 0.15) is 20.3 Å². The first kappa shape index (κ1) is 18.0. The van der Waals surface area contributed by atoms with Crippen molar-refractivity contribution in [3.63, 3.8) is 0 Å². The summed E-state index contributed by atoms with van der Waals surface area (Å²) in [7, 11) is -2.23. The summed E-state index contributed by atoms with van der Waals surface area (Å²) in [5.74, 6) is -0.295. The van der Waals surface area contributed by atoms with Crippen LogP contribution in [-0.2, 0) is 14.8 Å². The van der Waals surface area contributed by atoms with Gasteiger partial charge in [-0.15, -0.1) is 11.8 Å². The van der Waals surface area contributed by atoms with Crippen LogP contribution >= 0.6 is 11.8 Å². The molecule has 0 aliphatic rings. The predicted molar refractivity (Wildman–Crippen MR) is 85.9 cm³/mol. The average Bonchev–Trinajstić information content (AvgIpc) is 2.46. The maximum absolute atomic E-state index is 12.4. The molecule has 1 aromatic carbocycles. The maximum atomic E-state index is 12.4. The van der Waals surface area contributed by atoms with Crippen LogP contribution in [0.3, 0.4) is 0 Å². The smallest absolute Gasteiger partial charge is 0.243 e. The molecule has 0 fully saturated rings. The quantitative estimate of drug-likeness (QED) is 0.776. The van der Waals surface area contributed by atoms with Crippen molar-refractivity contribution in [2.24, 2.45) is 0 Å². The van der Waals surface area contributed by atoms with Crippen LogP contribution in [0.15, 0.2) is 34.1 Å². The summed E-state index contributed by atoms with van der Waals surface area (Å²) in [6.45, 7) is 3.66. The summed E-state index contributed by atoms with van der Waals surface area (Å²) in [6.07, 6.45) is 2.73. The second-order valence-corrected chi connectivity index (χ2v) is 7.74. The predicted octanol–water partition coefficient (Wildman–Crippen LogP) is 1.94. The van der Waals surface area contributed by atoms with Crippen LogP contribution in [0.5, 0.6) is 0 Å². The molecule has 1 amide bonds. The highest BCUT2D eigenvalue weighted by molar-refractivity contribution is 7.98. The summed E-state index contributed by atoms with van der Waals surface area (Å²) in [5.41, 5.74) is 0. The molecule has 1 aromatic rings. The van der Waals surface area contributed by atoms with E-state index in [2.05, 4.69) is 5.32 Å². The second kappa shape index (κ2) is 7.82. The maximum Gasteiger partial charge on any atom is 0.243 e. The fraction of sp³-hybridized carbons (Fsp3) is 0.500. The van der Waals surface area contributed by atoms with Crippen molar-refractivity contribution in [1.29, 1.82) is 0 Å². The van der Waals surface area contributed by atoms with Crippen molar-refractivity contribution in [3.8, 4) is 0 Å². The Morgan fingerprint density at radius 2 is 1.90 bits per heavy atom. The number of amides is 1. The number of thioether (sulfide) groups is 1. The fourth-order valence-corrected chi connectivity index (χ4v) is 3.17. The van der Waals surface area contributed by atoms with E-state index in [-0.39, 0.29) is 23.4 Å². The summed E-state index contributed by atoms with van der Waals surface area (Å²) >= 11 is 1.54. The van der Waals surface area contributed by atoms with Gasteiger partial charge >= 0.3 is 0 Å². The van der Waals surface area contributed by atoms with Crippen LogP contribution in [0.2, 0.25) is 0 Å². The van der Waals surface area contributed by atoms with Gasteiger partial charge in [-0.25, -0.2) is 8.42 Å². The molecule has 0 bridgehead atoms. The summed E-state index contributed by atoms with van der Waals surface area (Å²) in [5, 5.41) is 2.75. The number of hydrogen-bond donors (Lipinski definition) is 1. The molecule has 0 unspecified atom stereocenters. The van der Waals surface area contributed by atoms with E-state index in [0.29, 0.717) is 0 Å². The van der Waals surface area contributed by atoms with E-state index < -0.39 is 10.0 Å². The van der Waals surface area contributed by atoms with Gasteiger partial charge in [-0.3, -0.25) is 4.79 Å². The van der Waals surface area contributed by atoms with Gasteiger partial charge < -0.3 is 5.32 Å². The highest BCUT2D eigenvalue weighted by atomic mass is 32.2. The van der Waals surface area contributed by atoms with E-state index >= 15 is 0 Å². The van der Waals surface area contributed by atoms with Crippen LogP contribution in [-0.4, -0.2) is 44.5 Å². The van der Waals surface area contributed by atoms with Crippen molar-refractivity contribution in [2.75, 3.05) is 19.8 Å². The summed E-state index contributed by atoms with van der Waals surface area (Å²) in [4.78, 5) is 13.0. The van der Waals surface area contributed by atoms with E-state index in [0.717, 1.165) is 15.6 Å². The molecule has 0 heterocycles. The molecule has 0 saturated heterocycles. The molecule has 5 nitrogen and oxygen atoms in total. The average molecular weight is 330 g/mol. The molecule has 0 spiro atoms. The molecule has 0 saturated carbocycles. The van der Waals surface area contributed by atoms with Gasteiger partial charge in [-0.05, 0) is 43.9 Å². The van der Waals surface area contributed by atoms with Gasteiger partial charge in [-0.1, -0.05) is 6.92 Å². The van der Waals surface area contributed by atoms with Crippen LogP contribution in [0, 0.1) is 0 Å². The highest BCUT2D eigenvalue weighted by Crippen LogP contribution is 2.19. The zero-order valence-corrected chi connectivity index (χ0v) is 14.4. The molecule has 0 aromatic heterocycles. The Balaban J connectivity index is 2.79. The topological polar surface area (TPSA) is 66.5 Å². The zero-order chi connectivity index (χ0) is 16.0. The highest BCUT2D eigenvalue weighted by Gasteiger charge is 2.23. The Hall–Kier alpha value is -1.05. The molecule has 0 radical (unpaired) electrons.